The van der Waals surface area contributed by atoms with Crippen molar-refractivity contribution in [3.8, 4) is 6.07 Å². The molecule has 1 N–H and O–H groups in total. The van der Waals surface area contributed by atoms with E-state index in [0.29, 0.717) is 12.5 Å². The molecule has 19 heavy (non-hydrogen) atoms. The molecule has 1 fully saturated rings. The first-order valence-electron chi connectivity index (χ1n) is 7.05. The van der Waals surface area contributed by atoms with Crippen molar-refractivity contribution in [1.29, 1.82) is 5.26 Å². The predicted molar refractivity (Wildman–Crippen MR) is 75.6 cm³/mol. The van der Waals surface area contributed by atoms with Crippen molar-refractivity contribution in [2.24, 2.45) is 5.92 Å². The maximum atomic E-state index is 9.05. The van der Waals surface area contributed by atoms with Gasteiger partial charge in [0.2, 0.25) is 0 Å². The number of benzene rings is 1. The monoisotopic (exact) mass is 258 g/mol. The summed E-state index contributed by atoms with van der Waals surface area (Å²) in [6, 6.07) is 8.12. The second-order valence-corrected chi connectivity index (χ2v) is 5.51. The smallest absolute Gasteiger partial charge is 0.0991 e. The van der Waals surface area contributed by atoms with Gasteiger partial charge in [0.1, 0.15) is 0 Å². The minimum Gasteiger partial charge on any atom is -0.396 e. The van der Waals surface area contributed by atoms with E-state index in [1.807, 2.05) is 12.1 Å². The molecule has 3 heteroatoms. The van der Waals surface area contributed by atoms with E-state index in [1.165, 1.54) is 24.0 Å². The summed E-state index contributed by atoms with van der Waals surface area (Å²) in [7, 11) is 0. The normalized spacial score (nSPS) is 20.2. The Morgan fingerprint density at radius 3 is 3.00 bits per heavy atom. The molecule has 0 amide bonds. The lowest BCUT2D eigenvalue weighted by Crippen LogP contribution is -2.35. The molecular weight excluding hydrogens is 236 g/mol. The Kier molecular flexibility index (Phi) is 4.95. The van der Waals surface area contributed by atoms with Gasteiger partial charge in [0, 0.05) is 19.7 Å². The number of aliphatic hydroxyl groups excluding tert-OH is 1. The third-order valence-electron chi connectivity index (χ3n) is 4.01. The fourth-order valence-corrected chi connectivity index (χ4v) is 2.90. The van der Waals surface area contributed by atoms with Crippen LogP contribution in [0.3, 0.4) is 0 Å². The van der Waals surface area contributed by atoms with Gasteiger partial charge in [-0.05, 0) is 61.9 Å². The highest BCUT2D eigenvalue weighted by Crippen LogP contribution is 2.22. The van der Waals surface area contributed by atoms with Crippen molar-refractivity contribution in [3.05, 3.63) is 34.9 Å². The van der Waals surface area contributed by atoms with Crippen molar-refractivity contribution in [3.63, 3.8) is 0 Å². The quantitative estimate of drug-likeness (QED) is 0.902. The molecule has 0 bridgehead atoms. The van der Waals surface area contributed by atoms with Gasteiger partial charge in [0.25, 0.3) is 0 Å². The molecule has 1 aliphatic heterocycles. The Morgan fingerprint density at radius 1 is 1.47 bits per heavy atom. The lowest BCUT2D eigenvalue weighted by molar-refractivity contribution is 0.142. The number of nitriles is 1. The van der Waals surface area contributed by atoms with Crippen LogP contribution in [0.25, 0.3) is 0 Å². The number of rotatable bonds is 4. The van der Waals surface area contributed by atoms with Crippen LogP contribution in [0.4, 0.5) is 0 Å². The zero-order valence-corrected chi connectivity index (χ0v) is 11.6. The van der Waals surface area contributed by atoms with Crippen molar-refractivity contribution in [2.45, 2.75) is 32.7 Å². The van der Waals surface area contributed by atoms with Gasteiger partial charge < -0.3 is 5.11 Å². The first kappa shape index (κ1) is 14.0. The van der Waals surface area contributed by atoms with Crippen LogP contribution in [0, 0.1) is 24.2 Å². The summed E-state index contributed by atoms with van der Waals surface area (Å²) < 4.78 is 0. The molecule has 1 aromatic carbocycles. The van der Waals surface area contributed by atoms with Gasteiger partial charge in [0.05, 0.1) is 11.6 Å². The van der Waals surface area contributed by atoms with Gasteiger partial charge in [-0.1, -0.05) is 6.07 Å². The second-order valence-electron chi connectivity index (χ2n) is 5.51. The highest BCUT2D eigenvalue weighted by Gasteiger charge is 2.19. The lowest BCUT2D eigenvalue weighted by Gasteiger charge is -2.32. The first-order valence-corrected chi connectivity index (χ1v) is 7.05. The Balaban J connectivity index is 1.99. The summed E-state index contributed by atoms with van der Waals surface area (Å²) in [5.41, 5.74) is 3.24. The van der Waals surface area contributed by atoms with Crippen molar-refractivity contribution in [2.75, 3.05) is 19.7 Å². The van der Waals surface area contributed by atoms with Crippen molar-refractivity contribution < 1.29 is 5.11 Å². The van der Waals surface area contributed by atoms with E-state index in [4.69, 9.17) is 10.4 Å². The number of piperidine rings is 1. The average molecular weight is 258 g/mol. The van der Waals surface area contributed by atoms with Crippen LogP contribution >= 0.6 is 0 Å². The largest absolute Gasteiger partial charge is 0.396 e. The van der Waals surface area contributed by atoms with E-state index in [2.05, 4.69) is 24.0 Å². The van der Waals surface area contributed by atoms with E-state index in [0.717, 1.165) is 31.6 Å². The number of aryl methyl sites for hydroxylation is 1. The Labute approximate surface area is 115 Å². The molecule has 0 aliphatic carbocycles. The molecule has 0 radical (unpaired) electrons. The van der Waals surface area contributed by atoms with E-state index in [-0.39, 0.29) is 0 Å². The maximum Gasteiger partial charge on any atom is 0.0991 e. The molecule has 1 saturated heterocycles. The molecule has 1 heterocycles. The van der Waals surface area contributed by atoms with Gasteiger partial charge in [-0.15, -0.1) is 0 Å². The van der Waals surface area contributed by atoms with E-state index >= 15 is 0 Å². The molecule has 1 unspecified atom stereocenters. The highest BCUT2D eigenvalue weighted by atomic mass is 16.3. The minimum atomic E-state index is 0.300. The Bertz CT molecular complexity index is 462. The zero-order valence-electron chi connectivity index (χ0n) is 11.6. The molecule has 1 atom stereocenters. The van der Waals surface area contributed by atoms with Crippen LogP contribution in [-0.2, 0) is 6.54 Å². The highest BCUT2D eigenvalue weighted by molar-refractivity contribution is 5.37. The van der Waals surface area contributed by atoms with E-state index < -0.39 is 0 Å². The minimum absolute atomic E-state index is 0.300. The molecular formula is C16H22N2O. The van der Waals surface area contributed by atoms with Gasteiger partial charge in [0.15, 0.2) is 0 Å². The summed E-state index contributed by atoms with van der Waals surface area (Å²) in [6.07, 6.45) is 3.38. The number of likely N-dealkylation sites (tertiary alicyclic amines) is 1. The molecule has 1 aliphatic rings. The summed E-state index contributed by atoms with van der Waals surface area (Å²) >= 11 is 0. The van der Waals surface area contributed by atoms with Gasteiger partial charge >= 0.3 is 0 Å². The molecule has 2 rings (SSSR count). The van der Waals surface area contributed by atoms with Crippen LogP contribution in [0.2, 0.25) is 0 Å². The molecule has 102 valence electrons. The second kappa shape index (κ2) is 6.70. The molecule has 3 nitrogen and oxygen atoms in total. The predicted octanol–water partition coefficient (Wildman–Crippen LogP) is 2.46. The van der Waals surface area contributed by atoms with Crippen LogP contribution in [-0.4, -0.2) is 29.7 Å². The summed E-state index contributed by atoms with van der Waals surface area (Å²) in [6.45, 7) is 5.56. The lowest BCUT2D eigenvalue weighted by atomic mass is 9.94. The number of nitrogens with zero attached hydrogens (tertiary/aromatic N) is 2. The Morgan fingerprint density at radius 2 is 2.32 bits per heavy atom. The van der Waals surface area contributed by atoms with Gasteiger partial charge in [-0.2, -0.15) is 5.26 Å². The van der Waals surface area contributed by atoms with Crippen LogP contribution < -0.4 is 0 Å². The van der Waals surface area contributed by atoms with Crippen molar-refractivity contribution in [1.82, 2.24) is 4.90 Å². The molecule has 0 aromatic heterocycles. The molecule has 1 aromatic rings. The summed E-state index contributed by atoms with van der Waals surface area (Å²) in [5.74, 6) is 0.637. The van der Waals surface area contributed by atoms with Crippen LogP contribution in [0.5, 0.6) is 0 Å². The van der Waals surface area contributed by atoms with Crippen LogP contribution in [0.1, 0.15) is 36.0 Å². The summed E-state index contributed by atoms with van der Waals surface area (Å²) in [5, 5.41) is 17.9. The maximum absolute atomic E-state index is 9.05. The third kappa shape index (κ3) is 3.79. The van der Waals surface area contributed by atoms with E-state index in [1.54, 1.807) is 0 Å². The van der Waals surface area contributed by atoms with Gasteiger partial charge in [-0.25, -0.2) is 0 Å². The zero-order chi connectivity index (χ0) is 13.7. The number of aliphatic hydroxyl groups is 1. The molecule has 0 spiro atoms. The van der Waals surface area contributed by atoms with E-state index in [9.17, 15) is 0 Å². The fraction of sp³-hybridized carbons (Fsp3) is 0.562. The summed E-state index contributed by atoms with van der Waals surface area (Å²) in [4.78, 5) is 2.47. The van der Waals surface area contributed by atoms with Gasteiger partial charge in [-0.3, -0.25) is 4.90 Å². The fourth-order valence-electron chi connectivity index (χ4n) is 2.90. The van der Waals surface area contributed by atoms with Crippen LogP contribution in [0.15, 0.2) is 18.2 Å². The topological polar surface area (TPSA) is 47.3 Å². The molecule has 0 saturated carbocycles. The average Bonchev–Trinajstić information content (AvgIpc) is 2.42. The third-order valence-corrected chi connectivity index (χ3v) is 4.01. The SMILES string of the molecule is Cc1cc(C#N)ccc1CN1CCCC(CCO)C1. The number of hydrogen-bond acceptors (Lipinski definition) is 3. The Hall–Kier alpha value is -1.37. The first-order chi connectivity index (χ1) is 9.22. The number of hydrogen-bond donors (Lipinski definition) is 1. The van der Waals surface area contributed by atoms with Crippen molar-refractivity contribution >= 4 is 0 Å². The standard InChI is InChI=1S/C16H22N2O/c1-13-9-15(10-17)4-5-16(13)12-18-7-2-3-14(11-18)6-8-19/h4-5,9,14,19H,2-3,6-8,11-12H2,1H3.